The monoisotopic (exact) mass is 447 g/mol. The van der Waals surface area contributed by atoms with Crippen LogP contribution in [0.2, 0.25) is 5.02 Å². The normalized spacial score (nSPS) is 15.6. The second-order valence-corrected chi connectivity index (χ2v) is 8.26. The van der Waals surface area contributed by atoms with E-state index in [2.05, 4.69) is 22.3 Å². The largest absolute Gasteiger partial charge is 0.349 e. The van der Waals surface area contributed by atoms with Crippen LogP contribution in [-0.4, -0.2) is 60.2 Å². The molecule has 1 unspecified atom stereocenters. The number of rotatable bonds is 7. The number of carbonyl (C=O) groups excluding carboxylic acids is 2. The fraction of sp³-hybridized carbons (Fsp3) is 0.391. The summed E-state index contributed by atoms with van der Waals surface area (Å²) >= 11 is 11.5. The zero-order valence-corrected chi connectivity index (χ0v) is 18.6. The zero-order chi connectivity index (χ0) is 21.5. The van der Waals surface area contributed by atoms with Crippen LogP contribution in [0, 0.1) is 0 Å². The van der Waals surface area contributed by atoms with Gasteiger partial charge in [-0.15, -0.1) is 11.6 Å². The van der Waals surface area contributed by atoms with E-state index in [1.807, 2.05) is 48.2 Å². The average molecular weight is 448 g/mol. The van der Waals surface area contributed by atoms with E-state index in [0.717, 1.165) is 49.7 Å². The van der Waals surface area contributed by atoms with Crippen molar-refractivity contribution in [3.8, 4) is 0 Å². The van der Waals surface area contributed by atoms with Crippen molar-refractivity contribution in [2.24, 2.45) is 0 Å². The molecule has 7 heteroatoms. The molecule has 0 aliphatic carbocycles. The molecule has 1 atom stereocenters. The molecule has 0 radical (unpaired) electrons. The Morgan fingerprint density at radius 3 is 2.23 bits per heavy atom. The molecule has 1 saturated heterocycles. The number of amides is 2. The first-order chi connectivity index (χ1) is 14.5. The van der Waals surface area contributed by atoms with Crippen LogP contribution in [0.3, 0.4) is 0 Å². The minimum Gasteiger partial charge on any atom is -0.349 e. The lowest BCUT2D eigenvalue weighted by atomic mass is 10.1. The first-order valence-electron chi connectivity index (χ1n) is 10.2. The van der Waals surface area contributed by atoms with Gasteiger partial charge in [-0.2, -0.15) is 0 Å². The van der Waals surface area contributed by atoms with Gasteiger partial charge in [0.2, 0.25) is 5.91 Å². The predicted molar refractivity (Wildman–Crippen MR) is 121 cm³/mol. The number of nitrogens with zero attached hydrogens (tertiary/aromatic N) is 2. The lowest BCUT2D eigenvalue weighted by Crippen LogP contribution is -2.49. The third kappa shape index (κ3) is 6.21. The van der Waals surface area contributed by atoms with E-state index in [1.165, 1.54) is 5.56 Å². The minimum atomic E-state index is -0.210. The van der Waals surface area contributed by atoms with Crippen molar-refractivity contribution in [2.45, 2.75) is 19.4 Å². The third-order valence-corrected chi connectivity index (χ3v) is 5.94. The molecule has 2 aromatic carbocycles. The van der Waals surface area contributed by atoms with Crippen LogP contribution < -0.4 is 5.32 Å². The van der Waals surface area contributed by atoms with Gasteiger partial charge >= 0.3 is 0 Å². The molecule has 3 rings (SSSR count). The molecule has 1 N–H and O–H groups in total. The Hall–Kier alpha value is -2.08. The summed E-state index contributed by atoms with van der Waals surface area (Å²) in [6.07, 6.45) is 0.977. The van der Waals surface area contributed by atoms with Crippen molar-refractivity contribution in [1.29, 1.82) is 0 Å². The summed E-state index contributed by atoms with van der Waals surface area (Å²) in [6.45, 7) is 6.07. The first kappa shape index (κ1) is 22.6. The van der Waals surface area contributed by atoms with Gasteiger partial charge < -0.3 is 10.2 Å². The van der Waals surface area contributed by atoms with Crippen molar-refractivity contribution < 1.29 is 9.59 Å². The van der Waals surface area contributed by atoms with Gasteiger partial charge in [-0.1, -0.05) is 35.9 Å². The second kappa shape index (κ2) is 10.8. The summed E-state index contributed by atoms with van der Waals surface area (Å²) in [5.41, 5.74) is 2.88. The SMILES string of the molecule is CC(NC(=O)CCl)c1ccc(C(=O)N2CCN(CCc3ccc(Cl)cc3)CC2)cc1. The molecule has 1 heterocycles. The lowest BCUT2D eigenvalue weighted by Gasteiger charge is -2.34. The Morgan fingerprint density at radius 1 is 1.00 bits per heavy atom. The minimum absolute atomic E-state index is 0.0522. The molecule has 1 aliphatic rings. The molecule has 0 spiro atoms. The van der Waals surface area contributed by atoms with E-state index < -0.39 is 0 Å². The smallest absolute Gasteiger partial charge is 0.253 e. The highest BCUT2D eigenvalue weighted by Gasteiger charge is 2.22. The molecule has 2 aromatic rings. The second-order valence-electron chi connectivity index (χ2n) is 7.56. The molecule has 0 bridgehead atoms. The van der Waals surface area contributed by atoms with Crippen LogP contribution in [0.4, 0.5) is 0 Å². The number of hydrogen-bond acceptors (Lipinski definition) is 3. The highest BCUT2D eigenvalue weighted by Crippen LogP contribution is 2.16. The van der Waals surface area contributed by atoms with Crippen molar-refractivity contribution in [1.82, 2.24) is 15.1 Å². The highest BCUT2D eigenvalue weighted by molar-refractivity contribution is 6.30. The van der Waals surface area contributed by atoms with Gasteiger partial charge in [0, 0.05) is 43.3 Å². The van der Waals surface area contributed by atoms with Gasteiger partial charge in [0.25, 0.3) is 5.91 Å². The Morgan fingerprint density at radius 2 is 1.63 bits per heavy atom. The van der Waals surface area contributed by atoms with Gasteiger partial charge in [0.05, 0.1) is 6.04 Å². The van der Waals surface area contributed by atoms with Gasteiger partial charge in [0.1, 0.15) is 5.88 Å². The van der Waals surface area contributed by atoms with Gasteiger partial charge in [0.15, 0.2) is 0 Å². The van der Waals surface area contributed by atoms with Crippen molar-refractivity contribution >= 4 is 35.0 Å². The summed E-state index contributed by atoms with van der Waals surface area (Å²) in [4.78, 5) is 28.6. The maximum atomic E-state index is 12.8. The Kier molecular flexibility index (Phi) is 8.14. The summed E-state index contributed by atoms with van der Waals surface area (Å²) in [7, 11) is 0. The van der Waals surface area contributed by atoms with E-state index in [-0.39, 0.29) is 23.7 Å². The van der Waals surface area contributed by atoms with Gasteiger partial charge in [-0.3, -0.25) is 14.5 Å². The predicted octanol–water partition coefficient (Wildman–Crippen LogP) is 3.76. The lowest BCUT2D eigenvalue weighted by molar-refractivity contribution is -0.119. The molecular formula is C23H27Cl2N3O2. The molecule has 5 nitrogen and oxygen atoms in total. The Bertz CT molecular complexity index is 848. The maximum Gasteiger partial charge on any atom is 0.253 e. The maximum absolute atomic E-state index is 12.8. The molecule has 0 saturated carbocycles. The van der Waals surface area contributed by atoms with Crippen LogP contribution in [-0.2, 0) is 11.2 Å². The number of piperazine rings is 1. The van der Waals surface area contributed by atoms with Crippen LogP contribution >= 0.6 is 23.2 Å². The Balaban J connectivity index is 1.47. The topological polar surface area (TPSA) is 52.7 Å². The molecule has 160 valence electrons. The van der Waals surface area contributed by atoms with E-state index in [9.17, 15) is 9.59 Å². The standard InChI is InChI=1S/C23H27Cl2N3O2/c1-17(26-22(29)16-24)19-4-6-20(7-5-19)23(30)28-14-12-27(13-15-28)11-10-18-2-8-21(25)9-3-18/h2-9,17H,10-16H2,1H3,(H,26,29). The summed E-state index contributed by atoms with van der Waals surface area (Å²) in [6, 6.07) is 15.2. The number of benzene rings is 2. The van der Waals surface area contributed by atoms with E-state index in [0.29, 0.717) is 5.56 Å². The van der Waals surface area contributed by atoms with Crippen LogP contribution in [0.5, 0.6) is 0 Å². The summed E-state index contributed by atoms with van der Waals surface area (Å²) in [5.74, 6) is -0.221. The van der Waals surface area contributed by atoms with Gasteiger partial charge in [-0.25, -0.2) is 0 Å². The third-order valence-electron chi connectivity index (χ3n) is 5.45. The number of hydrogen-bond donors (Lipinski definition) is 1. The molecule has 1 fully saturated rings. The fourth-order valence-corrected chi connectivity index (χ4v) is 3.78. The number of alkyl halides is 1. The first-order valence-corrected chi connectivity index (χ1v) is 11.1. The Labute approximate surface area is 187 Å². The average Bonchev–Trinajstić information content (AvgIpc) is 2.78. The molecule has 1 aliphatic heterocycles. The molecule has 0 aromatic heterocycles. The van der Waals surface area contributed by atoms with Crippen LogP contribution in [0.25, 0.3) is 0 Å². The molecule has 30 heavy (non-hydrogen) atoms. The van der Waals surface area contributed by atoms with Crippen molar-refractivity contribution in [3.63, 3.8) is 0 Å². The number of nitrogens with one attached hydrogen (secondary N) is 1. The molecular weight excluding hydrogens is 421 g/mol. The van der Waals surface area contributed by atoms with Crippen LogP contribution in [0.1, 0.15) is 34.5 Å². The summed E-state index contributed by atoms with van der Waals surface area (Å²) < 4.78 is 0. The van der Waals surface area contributed by atoms with Crippen molar-refractivity contribution in [3.05, 3.63) is 70.2 Å². The quantitative estimate of drug-likeness (QED) is 0.657. The molecule has 2 amide bonds. The van der Waals surface area contributed by atoms with E-state index in [4.69, 9.17) is 23.2 Å². The van der Waals surface area contributed by atoms with Gasteiger partial charge in [-0.05, 0) is 48.7 Å². The van der Waals surface area contributed by atoms with E-state index in [1.54, 1.807) is 0 Å². The van der Waals surface area contributed by atoms with E-state index >= 15 is 0 Å². The fourth-order valence-electron chi connectivity index (χ4n) is 3.57. The van der Waals surface area contributed by atoms with Crippen LogP contribution in [0.15, 0.2) is 48.5 Å². The van der Waals surface area contributed by atoms with Crippen molar-refractivity contribution in [2.75, 3.05) is 38.6 Å². The zero-order valence-electron chi connectivity index (χ0n) is 17.1. The highest BCUT2D eigenvalue weighted by atomic mass is 35.5. The summed E-state index contributed by atoms with van der Waals surface area (Å²) in [5, 5.41) is 3.57. The number of halogens is 2. The number of carbonyl (C=O) groups is 2.